The molecule has 3 amide bonds. The summed E-state index contributed by atoms with van der Waals surface area (Å²) in [5.41, 5.74) is 6.88. The quantitative estimate of drug-likeness (QED) is 0.484. The predicted octanol–water partition coefficient (Wildman–Crippen LogP) is 1.69. The van der Waals surface area contributed by atoms with Crippen LogP contribution >= 0.6 is 22.6 Å². The van der Waals surface area contributed by atoms with Gasteiger partial charge in [-0.2, -0.15) is 0 Å². The first-order valence-corrected chi connectivity index (χ1v) is 9.68. The van der Waals surface area contributed by atoms with Gasteiger partial charge in [0, 0.05) is 23.3 Å². The van der Waals surface area contributed by atoms with Gasteiger partial charge in [0.15, 0.2) is 0 Å². The first-order valence-electron chi connectivity index (χ1n) is 8.61. The molecule has 2 atom stereocenters. The lowest BCUT2D eigenvalue weighted by Crippen LogP contribution is -2.54. The van der Waals surface area contributed by atoms with Crippen LogP contribution < -0.4 is 16.4 Å². The fourth-order valence-electron chi connectivity index (χ4n) is 2.73. The highest BCUT2D eigenvalue weighted by Gasteiger charge is 2.26. The maximum atomic E-state index is 13.4. The molecule has 2 rings (SSSR count). The van der Waals surface area contributed by atoms with Crippen LogP contribution in [0.4, 0.5) is 4.39 Å². The number of hydrogen-bond acceptors (Lipinski definition) is 3. The fourth-order valence-corrected chi connectivity index (χ4v) is 3.34. The van der Waals surface area contributed by atoms with Crippen LogP contribution in [-0.2, 0) is 27.2 Å². The number of halogens is 2. The van der Waals surface area contributed by atoms with Gasteiger partial charge in [-0.1, -0.05) is 30.3 Å². The van der Waals surface area contributed by atoms with Gasteiger partial charge in [0.25, 0.3) is 0 Å². The largest absolute Gasteiger partial charge is 0.368 e. The topological polar surface area (TPSA) is 101 Å². The van der Waals surface area contributed by atoms with Gasteiger partial charge < -0.3 is 16.4 Å². The van der Waals surface area contributed by atoms with Crippen molar-refractivity contribution in [1.82, 2.24) is 10.6 Å². The highest BCUT2D eigenvalue weighted by molar-refractivity contribution is 14.1. The molecule has 0 aliphatic carbocycles. The molecule has 8 heteroatoms. The van der Waals surface area contributed by atoms with Gasteiger partial charge in [0.1, 0.15) is 17.9 Å². The molecule has 148 valence electrons. The van der Waals surface area contributed by atoms with Crippen molar-refractivity contribution in [3.05, 3.63) is 69.0 Å². The number of primary amides is 1. The SMILES string of the molecule is CC(=O)N[C@@H](Cc1cccc(F)c1)C(=O)N[C@@H](Cc1ccccc1I)C(N)=O. The minimum Gasteiger partial charge on any atom is -0.368 e. The van der Waals surface area contributed by atoms with E-state index in [1.54, 1.807) is 6.07 Å². The number of benzene rings is 2. The third-order valence-electron chi connectivity index (χ3n) is 4.06. The Kier molecular flexibility index (Phi) is 7.91. The molecule has 28 heavy (non-hydrogen) atoms. The second-order valence-corrected chi connectivity index (χ2v) is 7.51. The molecule has 6 nitrogen and oxygen atoms in total. The van der Waals surface area contributed by atoms with Crippen LogP contribution in [0.1, 0.15) is 18.1 Å². The van der Waals surface area contributed by atoms with Gasteiger partial charge in [0.2, 0.25) is 17.7 Å². The molecule has 0 saturated heterocycles. The second-order valence-electron chi connectivity index (χ2n) is 6.35. The van der Waals surface area contributed by atoms with E-state index >= 15 is 0 Å². The van der Waals surface area contributed by atoms with Gasteiger partial charge in [-0.3, -0.25) is 14.4 Å². The Balaban J connectivity index is 2.15. The van der Waals surface area contributed by atoms with Gasteiger partial charge in [-0.15, -0.1) is 0 Å². The number of hydrogen-bond donors (Lipinski definition) is 3. The Morgan fingerprint density at radius 2 is 1.75 bits per heavy atom. The summed E-state index contributed by atoms with van der Waals surface area (Å²) in [7, 11) is 0. The maximum absolute atomic E-state index is 13.4. The van der Waals surface area contributed by atoms with Crippen molar-refractivity contribution in [2.75, 3.05) is 0 Å². The molecule has 0 heterocycles. The van der Waals surface area contributed by atoms with Crippen molar-refractivity contribution in [3.8, 4) is 0 Å². The third kappa shape index (κ3) is 6.59. The number of carbonyl (C=O) groups excluding carboxylic acids is 3. The molecule has 0 radical (unpaired) electrons. The molecule has 2 aromatic rings. The van der Waals surface area contributed by atoms with E-state index in [0.717, 1.165) is 9.13 Å². The van der Waals surface area contributed by atoms with Gasteiger partial charge in [-0.05, 0) is 51.9 Å². The summed E-state index contributed by atoms with van der Waals surface area (Å²) in [5.74, 6) is -2.09. The zero-order valence-electron chi connectivity index (χ0n) is 15.2. The molecule has 0 aliphatic rings. The number of nitrogens with two attached hydrogens (primary N) is 1. The van der Waals surface area contributed by atoms with E-state index in [1.165, 1.54) is 25.1 Å². The average Bonchev–Trinajstić information content (AvgIpc) is 2.61. The van der Waals surface area contributed by atoms with E-state index in [2.05, 4.69) is 33.2 Å². The molecule has 0 aliphatic heterocycles. The lowest BCUT2D eigenvalue weighted by atomic mass is 10.0. The monoisotopic (exact) mass is 497 g/mol. The summed E-state index contributed by atoms with van der Waals surface area (Å²) in [6.07, 6.45) is 0.310. The standard InChI is InChI=1S/C20H21FIN3O3/c1-12(26)24-18(10-13-5-4-7-15(21)9-13)20(28)25-17(19(23)27)11-14-6-2-3-8-16(14)22/h2-9,17-18H,10-11H2,1H3,(H2,23,27)(H,24,26)(H,25,28)/t17-,18-/m0/s1. The molecule has 2 aromatic carbocycles. The molecule has 0 saturated carbocycles. The molecule has 0 bridgehead atoms. The van der Waals surface area contributed by atoms with Gasteiger partial charge >= 0.3 is 0 Å². The van der Waals surface area contributed by atoms with Crippen LogP contribution in [-0.4, -0.2) is 29.8 Å². The van der Waals surface area contributed by atoms with E-state index in [9.17, 15) is 18.8 Å². The summed E-state index contributed by atoms with van der Waals surface area (Å²) in [5, 5.41) is 5.15. The minimum absolute atomic E-state index is 0.0809. The molecular weight excluding hydrogens is 476 g/mol. The Morgan fingerprint density at radius 1 is 1.04 bits per heavy atom. The van der Waals surface area contributed by atoms with Crippen molar-refractivity contribution >= 4 is 40.3 Å². The van der Waals surface area contributed by atoms with Gasteiger partial charge in [0.05, 0.1) is 0 Å². The van der Waals surface area contributed by atoms with E-state index in [-0.39, 0.29) is 12.8 Å². The summed E-state index contributed by atoms with van der Waals surface area (Å²) >= 11 is 2.14. The maximum Gasteiger partial charge on any atom is 0.243 e. The van der Waals surface area contributed by atoms with Crippen LogP contribution in [0.5, 0.6) is 0 Å². The number of amides is 3. The van der Waals surface area contributed by atoms with Crippen LogP contribution in [0, 0.1) is 9.39 Å². The van der Waals surface area contributed by atoms with E-state index in [0.29, 0.717) is 5.56 Å². The van der Waals surface area contributed by atoms with Crippen molar-refractivity contribution in [2.45, 2.75) is 31.8 Å². The van der Waals surface area contributed by atoms with E-state index in [4.69, 9.17) is 5.73 Å². The first-order chi connectivity index (χ1) is 13.3. The number of carbonyl (C=O) groups is 3. The summed E-state index contributed by atoms with van der Waals surface area (Å²) in [6.45, 7) is 1.28. The first kappa shape index (κ1) is 21.8. The van der Waals surface area contributed by atoms with E-state index < -0.39 is 35.6 Å². The normalized spacial score (nSPS) is 12.7. The third-order valence-corrected chi connectivity index (χ3v) is 5.12. The van der Waals surface area contributed by atoms with Crippen LogP contribution in [0.25, 0.3) is 0 Å². The van der Waals surface area contributed by atoms with Crippen LogP contribution in [0.15, 0.2) is 48.5 Å². The molecule has 0 spiro atoms. The Labute approximate surface area is 176 Å². The lowest BCUT2D eigenvalue weighted by Gasteiger charge is -2.22. The molecule has 0 aromatic heterocycles. The second kappa shape index (κ2) is 10.2. The zero-order chi connectivity index (χ0) is 20.7. The molecular formula is C20H21FIN3O3. The Morgan fingerprint density at radius 3 is 2.36 bits per heavy atom. The van der Waals surface area contributed by atoms with Crippen molar-refractivity contribution in [2.24, 2.45) is 5.73 Å². The number of rotatable bonds is 8. The van der Waals surface area contributed by atoms with Crippen molar-refractivity contribution in [1.29, 1.82) is 0 Å². The Hall–Kier alpha value is -2.49. The zero-order valence-corrected chi connectivity index (χ0v) is 17.4. The molecule has 0 unspecified atom stereocenters. The smallest absolute Gasteiger partial charge is 0.243 e. The summed E-state index contributed by atoms with van der Waals surface area (Å²) in [4.78, 5) is 36.1. The highest BCUT2D eigenvalue weighted by Crippen LogP contribution is 2.14. The van der Waals surface area contributed by atoms with Crippen molar-refractivity contribution < 1.29 is 18.8 Å². The van der Waals surface area contributed by atoms with Crippen molar-refractivity contribution in [3.63, 3.8) is 0 Å². The Bertz CT molecular complexity index is 875. The fraction of sp³-hybridized carbons (Fsp3) is 0.250. The summed E-state index contributed by atoms with van der Waals surface area (Å²) in [6, 6.07) is 11.3. The lowest BCUT2D eigenvalue weighted by molar-refractivity contribution is -0.130. The summed E-state index contributed by atoms with van der Waals surface area (Å²) < 4.78 is 14.4. The van der Waals surface area contributed by atoms with Gasteiger partial charge in [-0.25, -0.2) is 4.39 Å². The van der Waals surface area contributed by atoms with E-state index in [1.807, 2.05) is 24.3 Å². The predicted molar refractivity (Wildman–Crippen MR) is 112 cm³/mol. The molecule has 4 N–H and O–H groups in total. The highest BCUT2D eigenvalue weighted by atomic mass is 127. The van der Waals surface area contributed by atoms with Crippen LogP contribution in [0.2, 0.25) is 0 Å². The molecule has 0 fully saturated rings. The average molecular weight is 497 g/mol. The van der Waals surface area contributed by atoms with Crippen LogP contribution in [0.3, 0.4) is 0 Å². The minimum atomic E-state index is -0.962. The number of nitrogens with one attached hydrogen (secondary N) is 2.